The van der Waals surface area contributed by atoms with Gasteiger partial charge in [0.1, 0.15) is 6.04 Å². The second-order valence-corrected chi connectivity index (χ2v) is 5.08. The lowest BCUT2D eigenvalue weighted by molar-refractivity contribution is -0.139. The predicted molar refractivity (Wildman–Crippen MR) is 74.6 cm³/mol. The van der Waals surface area contributed by atoms with Crippen molar-refractivity contribution in [2.45, 2.75) is 19.9 Å². The Labute approximate surface area is 119 Å². The minimum atomic E-state index is -1.13. The van der Waals surface area contributed by atoms with Crippen molar-refractivity contribution < 1.29 is 19.5 Å². The van der Waals surface area contributed by atoms with Crippen LogP contribution in [0.15, 0.2) is 0 Å². The molecule has 1 atom stereocenters. The highest BCUT2D eigenvalue weighted by atomic mass is 32.2. The molecule has 0 fully saturated rings. The zero-order valence-electron chi connectivity index (χ0n) is 11.1. The Morgan fingerprint density at radius 1 is 1.50 bits per heavy atom. The van der Waals surface area contributed by atoms with E-state index < -0.39 is 12.0 Å². The maximum Gasteiger partial charge on any atom is 0.327 e. The summed E-state index contributed by atoms with van der Waals surface area (Å²) in [5, 5.41) is 20.4. The largest absolute Gasteiger partial charge is 0.480 e. The molecular formula is C11H16N4O4S. The molecule has 1 aromatic rings. The molecule has 1 unspecified atom stereocenters. The Balaban J connectivity index is 2.40. The molecule has 8 nitrogen and oxygen atoms in total. The summed E-state index contributed by atoms with van der Waals surface area (Å²) >= 11 is 1.13. The monoisotopic (exact) mass is 300 g/mol. The molecule has 1 aromatic heterocycles. The molecule has 0 radical (unpaired) electrons. The molecule has 0 saturated carbocycles. The van der Waals surface area contributed by atoms with Crippen LogP contribution >= 0.6 is 11.8 Å². The summed E-state index contributed by atoms with van der Waals surface area (Å²) in [7, 11) is 0. The number of carboxylic acid groups (broad SMARTS) is 1. The molecule has 0 aliphatic carbocycles. The van der Waals surface area contributed by atoms with Gasteiger partial charge in [-0.1, -0.05) is 0 Å². The molecular weight excluding hydrogens is 284 g/mol. The third kappa shape index (κ3) is 4.57. The fraction of sp³-hybridized carbons (Fsp3) is 0.455. The molecule has 9 heteroatoms. The number of H-pyrrole nitrogens is 1. The fourth-order valence-electron chi connectivity index (χ4n) is 1.45. The summed E-state index contributed by atoms with van der Waals surface area (Å²) in [5.74, 6) is -1.18. The zero-order chi connectivity index (χ0) is 15.1. The molecule has 20 heavy (non-hydrogen) atoms. The number of amides is 2. The molecule has 0 bridgehead atoms. The summed E-state index contributed by atoms with van der Waals surface area (Å²) in [6, 6.07) is -0.998. The lowest BCUT2D eigenvalue weighted by Gasteiger charge is -2.10. The van der Waals surface area contributed by atoms with Crippen LogP contribution in [-0.4, -0.2) is 51.1 Å². The number of carbonyl (C=O) groups excluding carboxylic acids is 2. The lowest BCUT2D eigenvalue weighted by Crippen LogP contribution is -2.38. The van der Waals surface area contributed by atoms with Crippen LogP contribution in [0.5, 0.6) is 0 Å². The molecule has 1 rings (SSSR count). The number of aliphatic carboxylic acids is 1. The maximum atomic E-state index is 11.7. The van der Waals surface area contributed by atoms with Gasteiger partial charge in [0, 0.05) is 5.75 Å². The number of thioether (sulfide) groups is 1. The van der Waals surface area contributed by atoms with Gasteiger partial charge in [-0.05, 0) is 13.8 Å². The van der Waals surface area contributed by atoms with Crippen LogP contribution in [0.3, 0.4) is 0 Å². The lowest BCUT2D eigenvalue weighted by atomic mass is 10.3. The third-order valence-electron chi connectivity index (χ3n) is 2.48. The van der Waals surface area contributed by atoms with Gasteiger partial charge in [-0.2, -0.15) is 5.10 Å². The molecule has 0 aromatic carbocycles. The first-order valence-electron chi connectivity index (χ1n) is 5.77. The van der Waals surface area contributed by atoms with Crippen LogP contribution in [0.25, 0.3) is 0 Å². The second kappa shape index (κ2) is 7.53. The molecule has 110 valence electrons. The van der Waals surface area contributed by atoms with Crippen LogP contribution in [0.4, 0.5) is 5.69 Å². The number of carboxylic acids is 1. The van der Waals surface area contributed by atoms with Gasteiger partial charge in [0.2, 0.25) is 12.3 Å². The van der Waals surface area contributed by atoms with Gasteiger partial charge in [-0.15, -0.1) is 11.8 Å². The summed E-state index contributed by atoms with van der Waals surface area (Å²) in [6.07, 6.45) is 0.331. The van der Waals surface area contributed by atoms with E-state index in [1.54, 1.807) is 13.8 Å². The van der Waals surface area contributed by atoms with Crippen molar-refractivity contribution in [3.8, 4) is 0 Å². The van der Waals surface area contributed by atoms with E-state index in [-0.39, 0.29) is 17.4 Å². The molecule has 2 amide bonds. The van der Waals surface area contributed by atoms with E-state index in [9.17, 15) is 14.4 Å². The highest BCUT2D eigenvalue weighted by Crippen LogP contribution is 2.16. The number of aromatic nitrogens is 2. The van der Waals surface area contributed by atoms with E-state index in [0.29, 0.717) is 17.8 Å². The van der Waals surface area contributed by atoms with E-state index in [1.165, 1.54) is 0 Å². The molecule has 0 aliphatic heterocycles. The van der Waals surface area contributed by atoms with Gasteiger partial charge in [-0.25, -0.2) is 4.79 Å². The minimum Gasteiger partial charge on any atom is -0.480 e. The Morgan fingerprint density at radius 2 is 2.20 bits per heavy atom. The number of nitrogens with one attached hydrogen (secondary N) is 3. The summed E-state index contributed by atoms with van der Waals surface area (Å²) in [5.41, 5.74) is 2.08. The average molecular weight is 300 g/mol. The number of anilines is 1. The van der Waals surface area contributed by atoms with Crippen molar-refractivity contribution in [3.05, 3.63) is 11.4 Å². The molecule has 4 N–H and O–H groups in total. The molecule has 0 saturated heterocycles. The first-order chi connectivity index (χ1) is 9.45. The summed E-state index contributed by atoms with van der Waals surface area (Å²) < 4.78 is 0. The van der Waals surface area contributed by atoms with Gasteiger partial charge in [0.25, 0.3) is 0 Å². The zero-order valence-corrected chi connectivity index (χ0v) is 11.9. The number of aromatic amines is 1. The number of hydrogen-bond acceptors (Lipinski definition) is 5. The molecule has 0 aliphatic rings. The van der Waals surface area contributed by atoms with Gasteiger partial charge >= 0.3 is 5.97 Å². The quantitative estimate of drug-likeness (QED) is 0.497. The van der Waals surface area contributed by atoms with Crippen LogP contribution in [0, 0.1) is 13.8 Å². The fourth-order valence-corrected chi connectivity index (χ4v) is 2.30. The minimum absolute atomic E-state index is 0.0916. The molecule has 1 heterocycles. The highest BCUT2D eigenvalue weighted by Gasteiger charge is 2.17. The Morgan fingerprint density at radius 3 is 2.70 bits per heavy atom. The normalized spacial score (nSPS) is 11.7. The third-order valence-corrected chi connectivity index (χ3v) is 3.51. The van der Waals surface area contributed by atoms with Crippen LogP contribution in [0.1, 0.15) is 11.4 Å². The van der Waals surface area contributed by atoms with E-state index in [2.05, 4.69) is 20.8 Å². The number of aryl methyl sites for hydroxylation is 2. The predicted octanol–water partition coefficient (Wildman–Crippen LogP) is -0.103. The van der Waals surface area contributed by atoms with E-state index in [0.717, 1.165) is 17.5 Å². The van der Waals surface area contributed by atoms with Crippen molar-refractivity contribution in [1.82, 2.24) is 15.5 Å². The highest BCUT2D eigenvalue weighted by molar-refractivity contribution is 8.00. The Hall–Kier alpha value is -2.03. The SMILES string of the molecule is Cc1n[nH]c(C)c1NC(=O)CSCC(NC=O)C(=O)O. The number of rotatable bonds is 8. The average Bonchev–Trinajstić information content (AvgIpc) is 2.69. The maximum absolute atomic E-state index is 11.7. The summed E-state index contributed by atoms with van der Waals surface area (Å²) in [4.78, 5) is 32.7. The van der Waals surface area contributed by atoms with E-state index in [4.69, 9.17) is 5.11 Å². The van der Waals surface area contributed by atoms with E-state index in [1.807, 2.05) is 0 Å². The van der Waals surface area contributed by atoms with Crippen LogP contribution in [-0.2, 0) is 14.4 Å². The van der Waals surface area contributed by atoms with Crippen molar-refractivity contribution in [1.29, 1.82) is 0 Å². The van der Waals surface area contributed by atoms with Gasteiger partial charge in [0.05, 0.1) is 22.8 Å². The van der Waals surface area contributed by atoms with Gasteiger partial charge in [-0.3, -0.25) is 14.7 Å². The number of hydrogen-bond donors (Lipinski definition) is 4. The van der Waals surface area contributed by atoms with Crippen molar-refractivity contribution in [2.75, 3.05) is 16.8 Å². The van der Waals surface area contributed by atoms with Gasteiger partial charge < -0.3 is 15.7 Å². The smallest absolute Gasteiger partial charge is 0.327 e. The standard InChI is InChI=1S/C11H16N4O4S/c1-6-10(7(2)15-14-6)13-9(17)4-20-3-8(11(18)19)12-5-16/h5,8H,3-4H2,1-2H3,(H,12,16)(H,13,17)(H,14,15)(H,18,19). The first kappa shape index (κ1) is 16.0. The Bertz CT molecular complexity index is 483. The first-order valence-corrected chi connectivity index (χ1v) is 6.92. The summed E-state index contributed by atoms with van der Waals surface area (Å²) in [6.45, 7) is 3.55. The van der Waals surface area contributed by atoms with Crippen molar-refractivity contribution >= 4 is 35.7 Å². The topological polar surface area (TPSA) is 124 Å². The van der Waals surface area contributed by atoms with Crippen molar-refractivity contribution in [3.63, 3.8) is 0 Å². The van der Waals surface area contributed by atoms with Crippen LogP contribution < -0.4 is 10.6 Å². The number of nitrogens with zero attached hydrogens (tertiary/aromatic N) is 1. The number of carbonyl (C=O) groups is 3. The molecule has 0 spiro atoms. The second-order valence-electron chi connectivity index (χ2n) is 4.05. The van der Waals surface area contributed by atoms with Gasteiger partial charge in [0.15, 0.2) is 0 Å². The Kier molecular flexibility index (Phi) is 6.04. The van der Waals surface area contributed by atoms with Crippen LogP contribution in [0.2, 0.25) is 0 Å². The van der Waals surface area contributed by atoms with Crippen molar-refractivity contribution in [2.24, 2.45) is 0 Å². The van der Waals surface area contributed by atoms with E-state index >= 15 is 0 Å².